The molecule has 5 heteroatoms. The van der Waals surface area contributed by atoms with E-state index in [1.807, 2.05) is 0 Å². The molecule has 4 rings (SSSR count). The molecule has 1 aliphatic carbocycles. The van der Waals surface area contributed by atoms with Crippen LogP contribution in [0.5, 0.6) is 0 Å². The molecule has 1 atom stereocenters. The van der Waals surface area contributed by atoms with Crippen LogP contribution >= 0.6 is 37.2 Å². The molecule has 0 heterocycles. The van der Waals surface area contributed by atoms with Crippen LogP contribution in [0.4, 0.5) is 0 Å². The van der Waals surface area contributed by atoms with E-state index in [4.69, 9.17) is 0 Å². The zero-order chi connectivity index (χ0) is 30.4. The summed E-state index contributed by atoms with van der Waals surface area (Å²) in [6.45, 7) is 30.8. The van der Waals surface area contributed by atoms with Crippen molar-refractivity contribution in [2.75, 3.05) is 0 Å². The first-order valence-corrected chi connectivity index (χ1v) is 15.8. The summed E-state index contributed by atoms with van der Waals surface area (Å²) < 4.78 is 0. The van der Waals surface area contributed by atoms with Crippen LogP contribution in [0.1, 0.15) is 103 Å². The molecule has 1 unspecified atom stereocenters. The molecule has 0 aliphatic heterocycles. The maximum atomic E-state index is 3.36. The van der Waals surface area contributed by atoms with Gasteiger partial charge in [-0.1, -0.05) is 148 Å². The van der Waals surface area contributed by atoms with E-state index in [9.17, 15) is 0 Å². The molecule has 0 bridgehead atoms. The fraction of sp³-hybridized carbons (Fsp3) is 0.436. The molecule has 3 aromatic carbocycles. The number of hydrogen-bond donors (Lipinski definition) is 0. The second-order valence-electron chi connectivity index (χ2n) is 13.8. The molecule has 0 N–H and O–H groups in total. The summed E-state index contributed by atoms with van der Waals surface area (Å²) in [7, 11) is 0.221. The molecule has 3 aromatic rings. The Morgan fingerprint density at radius 2 is 0.909 bits per heavy atom. The van der Waals surface area contributed by atoms with Crippen LogP contribution in [0.25, 0.3) is 0 Å². The molecular formula is C39H56Cl3SiTi. The molecule has 1 radical (unpaired) electrons. The van der Waals surface area contributed by atoms with Gasteiger partial charge in [0, 0.05) is 0 Å². The first kappa shape index (κ1) is 47.3. The van der Waals surface area contributed by atoms with Gasteiger partial charge in [-0.15, -0.1) is 44.1 Å². The Labute approximate surface area is 307 Å². The van der Waals surface area contributed by atoms with Crippen molar-refractivity contribution in [3.05, 3.63) is 117 Å². The van der Waals surface area contributed by atoms with E-state index in [0.717, 1.165) is 0 Å². The zero-order valence-corrected chi connectivity index (χ0v) is 34.7. The molecule has 0 saturated carbocycles. The van der Waals surface area contributed by atoms with Gasteiger partial charge >= 0.3 is 21.7 Å². The van der Waals surface area contributed by atoms with Gasteiger partial charge in [0.05, 0.1) is 0 Å². The summed E-state index contributed by atoms with van der Waals surface area (Å²) in [6.07, 6.45) is 3.36. The molecule has 1 aliphatic rings. The van der Waals surface area contributed by atoms with Gasteiger partial charge in [-0.3, -0.25) is 6.08 Å². The van der Waals surface area contributed by atoms with Crippen molar-refractivity contribution in [2.24, 2.45) is 5.92 Å². The van der Waals surface area contributed by atoms with Crippen LogP contribution in [0, 0.1) is 45.8 Å². The molecule has 0 aromatic heterocycles. The van der Waals surface area contributed by atoms with E-state index in [1.54, 1.807) is 0 Å². The SMILES string of the molecule is CC(C)(C)c1c[c-]cc(C(C)(C)C)c1.CC1=[C-]C(C)C(C)=C1C.Cc1cc(C)cc([SiH]c2cc(C)cc(C)c2)c1.Cl.Cl.Cl.[Ti+2]. The first-order chi connectivity index (χ1) is 18.4. The molecular weight excluding hydrogens is 651 g/mol. The molecule has 0 nitrogen and oxygen atoms in total. The Morgan fingerprint density at radius 1 is 0.568 bits per heavy atom. The second kappa shape index (κ2) is 20.2. The monoisotopic (exact) mass is 705 g/mol. The van der Waals surface area contributed by atoms with E-state index in [-0.39, 0.29) is 79.3 Å². The van der Waals surface area contributed by atoms with Gasteiger partial charge in [0.1, 0.15) is 9.52 Å². The quantitative estimate of drug-likeness (QED) is 0.184. The number of hydrogen-bond acceptors (Lipinski definition) is 0. The summed E-state index contributed by atoms with van der Waals surface area (Å²) in [5.74, 6) is 0.560. The Balaban J connectivity index is -0.000000570. The van der Waals surface area contributed by atoms with E-state index in [1.165, 1.54) is 60.5 Å². The average molecular weight is 707 g/mol. The van der Waals surface area contributed by atoms with Gasteiger partial charge in [-0.25, -0.2) is 5.57 Å². The maximum absolute atomic E-state index is 3.36. The van der Waals surface area contributed by atoms with Crippen LogP contribution in [0.15, 0.2) is 71.3 Å². The van der Waals surface area contributed by atoms with Gasteiger partial charge in [0.25, 0.3) is 0 Å². The molecule has 44 heavy (non-hydrogen) atoms. The number of rotatable bonds is 2. The molecule has 0 spiro atoms. The first-order valence-electron chi connectivity index (χ1n) is 14.7. The fourth-order valence-corrected chi connectivity index (χ4v) is 6.65. The molecule has 0 saturated heterocycles. The van der Waals surface area contributed by atoms with Gasteiger partial charge in [0.2, 0.25) is 0 Å². The van der Waals surface area contributed by atoms with Crippen molar-refractivity contribution in [2.45, 2.75) is 108 Å². The van der Waals surface area contributed by atoms with Crippen LogP contribution < -0.4 is 10.4 Å². The van der Waals surface area contributed by atoms with Gasteiger partial charge in [-0.2, -0.15) is 46.5 Å². The zero-order valence-electron chi connectivity index (χ0n) is 29.6. The van der Waals surface area contributed by atoms with Crippen molar-refractivity contribution in [1.82, 2.24) is 0 Å². The average Bonchev–Trinajstić information content (AvgIpc) is 3.03. The normalized spacial score (nSPS) is 13.8. The summed E-state index contributed by atoms with van der Waals surface area (Å²) >= 11 is 0. The van der Waals surface area contributed by atoms with E-state index in [0.29, 0.717) is 5.92 Å². The number of aryl methyl sites for hydroxylation is 4. The minimum Gasteiger partial charge on any atom is -0.266 e. The van der Waals surface area contributed by atoms with Crippen molar-refractivity contribution < 1.29 is 21.7 Å². The van der Waals surface area contributed by atoms with Gasteiger partial charge in [0.15, 0.2) is 0 Å². The fourth-order valence-electron chi connectivity index (χ4n) is 4.88. The van der Waals surface area contributed by atoms with Crippen molar-refractivity contribution in [1.29, 1.82) is 0 Å². The smallest absolute Gasteiger partial charge is 0.266 e. The van der Waals surface area contributed by atoms with Gasteiger partial charge < -0.3 is 0 Å². The Morgan fingerprint density at radius 3 is 1.14 bits per heavy atom. The molecule has 241 valence electrons. The number of benzene rings is 3. The Hall–Kier alpha value is -1.06. The van der Waals surface area contributed by atoms with Gasteiger partial charge in [-0.05, 0) is 27.7 Å². The predicted octanol–water partition coefficient (Wildman–Crippen LogP) is 10.4. The Bertz CT molecular complexity index is 1260. The minimum absolute atomic E-state index is 0. The third-order valence-corrected chi connectivity index (χ3v) is 8.91. The number of halogens is 3. The summed E-state index contributed by atoms with van der Waals surface area (Å²) in [5, 5.41) is 2.99. The third kappa shape index (κ3) is 15.5. The summed E-state index contributed by atoms with van der Waals surface area (Å²) in [5.41, 5.74) is 12.9. The minimum atomic E-state index is 0. The van der Waals surface area contributed by atoms with Crippen molar-refractivity contribution >= 4 is 57.1 Å². The van der Waals surface area contributed by atoms with E-state index >= 15 is 0 Å². The summed E-state index contributed by atoms with van der Waals surface area (Å²) in [4.78, 5) is 0. The third-order valence-electron chi connectivity index (χ3n) is 7.58. The van der Waals surface area contributed by atoms with Crippen LogP contribution in [0.3, 0.4) is 0 Å². The number of allylic oxidation sites excluding steroid dienone is 4. The van der Waals surface area contributed by atoms with Crippen molar-refractivity contribution in [3.63, 3.8) is 0 Å². The topological polar surface area (TPSA) is 0 Å². The van der Waals surface area contributed by atoms with Crippen LogP contribution in [-0.2, 0) is 32.5 Å². The van der Waals surface area contributed by atoms with E-state index in [2.05, 4.69) is 164 Å². The second-order valence-corrected chi connectivity index (χ2v) is 15.4. The summed E-state index contributed by atoms with van der Waals surface area (Å²) in [6, 6.07) is 23.5. The molecule has 0 amide bonds. The van der Waals surface area contributed by atoms with E-state index < -0.39 is 0 Å². The molecule has 0 fully saturated rings. The largest absolute Gasteiger partial charge is 2.00 e. The maximum Gasteiger partial charge on any atom is 2.00 e. The standard InChI is InChI=1S/C16H19Si.C14H21.C9H13.3ClH.Ti/c1-11-5-12(2)8-15(7-11)17-16-9-13(3)6-14(4)10-16;1-13(2,3)11-8-7-9-12(10-11)14(4,5)6;1-6-5-7(2)9(4)8(6)3;;;;/h5-10,17H,1-4H3;8-10H,1-6H3;6H,1-4H3;3*1H;/q;2*-1;;;;+2. The Kier molecular flexibility index (Phi) is 21.8. The predicted molar refractivity (Wildman–Crippen MR) is 203 cm³/mol. The van der Waals surface area contributed by atoms with Crippen LogP contribution in [-0.4, -0.2) is 9.52 Å². The van der Waals surface area contributed by atoms with Crippen LogP contribution in [0.2, 0.25) is 0 Å². The van der Waals surface area contributed by atoms with Crippen molar-refractivity contribution in [3.8, 4) is 0 Å².